The molecule has 0 aromatic rings. The van der Waals surface area contributed by atoms with Crippen LogP contribution in [0.15, 0.2) is 0 Å². The zero-order chi connectivity index (χ0) is 11.4. The first kappa shape index (κ1) is 12.9. The average molecular weight is 214 g/mol. The Balaban J connectivity index is 2.28. The summed E-state index contributed by atoms with van der Waals surface area (Å²) in [5.74, 6) is 0.662. The molecule has 1 aliphatic rings. The van der Waals surface area contributed by atoms with Gasteiger partial charge in [0.15, 0.2) is 0 Å². The molecule has 0 aromatic heterocycles. The summed E-state index contributed by atoms with van der Waals surface area (Å²) in [4.78, 5) is 2.33. The maximum Gasteiger partial charge on any atom is 0.0597 e. The molecular weight excluding hydrogens is 188 g/mol. The molecule has 2 N–H and O–H groups in total. The van der Waals surface area contributed by atoms with E-state index in [1.807, 2.05) is 0 Å². The standard InChI is InChI=1S/C12H26N2O/c1-9(2)10(3)14(4)7-12(8-15)13-11-5-6-11/h9-13,15H,5-8H2,1-4H3. The first-order chi connectivity index (χ1) is 7.04. The van der Waals surface area contributed by atoms with Crippen LogP contribution in [0.1, 0.15) is 33.6 Å². The zero-order valence-electron chi connectivity index (χ0n) is 10.5. The molecule has 1 fully saturated rings. The second kappa shape index (κ2) is 5.83. The van der Waals surface area contributed by atoms with Crippen LogP contribution in [0, 0.1) is 5.92 Å². The number of nitrogens with zero attached hydrogens (tertiary/aromatic N) is 1. The van der Waals surface area contributed by atoms with Crippen molar-refractivity contribution in [3.63, 3.8) is 0 Å². The molecule has 1 rings (SSSR count). The smallest absolute Gasteiger partial charge is 0.0597 e. The molecule has 0 aromatic carbocycles. The van der Waals surface area contributed by atoms with Gasteiger partial charge in [0.2, 0.25) is 0 Å². The number of aliphatic hydroxyl groups is 1. The number of hydrogen-bond donors (Lipinski definition) is 2. The molecule has 15 heavy (non-hydrogen) atoms. The van der Waals surface area contributed by atoms with Crippen molar-refractivity contribution in [1.82, 2.24) is 10.2 Å². The summed E-state index contributed by atoms with van der Waals surface area (Å²) < 4.78 is 0. The van der Waals surface area contributed by atoms with Gasteiger partial charge in [-0.25, -0.2) is 0 Å². The third-order valence-electron chi connectivity index (χ3n) is 3.44. The van der Waals surface area contributed by atoms with Gasteiger partial charge in [0.1, 0.15) is 0 Å². The number of nitrogens with one attached hydrogen (secondary N) is 1. The minimum absolute atomic E-state index is 0.240. The number of aliphatic hydroxyl groups excluding tert-OH is 1. The minimum atomic E-state index is 0.240. The van der Waals surface area contributed by atoms with Gasteiger partial charge in [0.25, 0.3) is 0 Å². The highest BCUT2D eigenvalue weighted by Gasteiger charge is 2.25. The Labute approximate surface area is 93.9 Å². The van der Waals surface area contributed by atoms with E-state index in [0.29, 0.717) is 18.0 Å². The van der Waals surface area contributed by atoms with Gasteiger partial charge in [0.05, 0.1) is 6.61 Å². The molecule has 1 saturated carbocycles. The molecule has 2 atom stereocenters. The Morgan fingerprint density at radius 1 is 1.33 bits per heavy atom. The predicted molar refractivity (Wildman–Crippen MR) is 64.0 cm³/mol. The van der Waals surface area contributed by atoms with Crippen molar-refractivity contribution in [2.45, 2.75) is 51.7 Å². The van der Waals surface area contributed by atoms with Crippen molar-refractivity contribution in [1.29, 1.82) is 0 Å². The van der Waals surface area contributed by atoms with E-state index in [0.717, 1.165) is 6.54 Å². The highest BCUT2D eigenvalue weighted by Crippen LogP contribution is 2.19. The lowest BCUT2D eigenvalue weighted by atomic mass is 10.0. The molecule has 90 valence electrons. The van der Waals surface area contributed by atoms with Crippen LogP contribution in [0.25, 0.3) is 0 Å². The second-order valence-electron chi connectivity index (χ2n) is 5.24. The van der Waals surface area contributed by atoms with Crippen LogP contribution in [-0.4, -0.2) is 48.3 Å². The summed E-state index contributed by atoms with van der Waals surface area (Å²) in [6, 6.07) is 1.48. The van der Waals surface area contributed by atoms with Gasteiger partial charge in [-0.15, -0.1) is 0 Å². The van der Waals surface area contributed by atoms with E-state index >= 15 is 0 Å². The van der Waals surface area contributed by atoms with Crippen LogP contribution in [0.5, 0.6) is 0 Å². The van der Waals surface area contributed by atoms with Gasteiger partial charge < -0.3 is 15.3 Å². The third kappa shape index (κ3) is 4.49. The SMILES string of the molecule is CC(C)C(C)N(C)CC(CO)NC1CC1. The molecule has 3 heteroatoms. The van der Waals surface area contributed by atoms with Gasteiger partial charge in [-0.05, 0) is 32.7 Å². The van der Waals surface area contributed by atoms with Gasteiger partial charge in [0, 0.05) is 24.7 Å². The molecule has 0 heterocycles. The molecule has 3 nitrogen and oxygen atoms in total. The number of rotatable bonds is 7. The maximum atomic E-state index is 9.28. The van der Waals surface area contributed by atoms with Gasteiger partial charge in [-0.3, -0.25) is 0 Å². The fourth-order valence-electron chi connectivity index (χ4n) is 1.77. The minimum Gasteiger partial charge on any atom is -0.395 e. The summed E-state index contributed by atoms with van der Waals surface area (Å²) in [6.45, 7) is 7.90. The Morgan fingerprint density at radius 3 is 2.33 bits per heavy atom. The van der Waals surface area contributed by atoms with Crippen LogP contribution in [0.3, 0.4) is 0 Å². The monoisotopic (exact) mass is 214 g/mol. The average Bonchev–Trinajstić information content (AvgIpc) is 2.99. The van der Waals surface area contributed by atoms with Crippen molar-refractivity contribution >= 4 is 0 Å². The number of likely N-dealkylation sites (N-methyl/N-ethyl adjacent to an activating group) is 1. The van der Waals surface area contributed by atoms with Crippen LogP contribution in [-0.2, 0) is 0 Å². The highest BCUT2D eigenvalue weighted by atomic mass is 16.3. The van der Waals surface area contributed by atoms with Crippen LogP contribution in [0.4, 0.5) is 0 Å². The Bertz CT molecular complexity index is 180. The van der Waals surface area contributed by atoms with Gasteiger partial charge in [-0.1, -0.05) is 13.8 Å². The molecule has 0 saturated heterocycles. The molecule has 2 unspecified atom stereocenters. The second-order valence-corrected chi connectivity index (χ2v) is 5.24. The van der Waals surface area contributed by atoms with Crippen molar-refractivity contribution in [2.24, 2.45) is 5.92 Å². The summed E-state index contributed by atoms with van der Waals surface area (Å²) in [5.41, 5.74) is 0. The largest absolute Gasteiger partial charge is 0.395 e. The first-order valence-electron chi connectivity index (χ1n) is 6.11. The molecular formula is C12H26N2O. The van der Waals surface area contributed by atoms with E-state index in [9.17, 15) is 5.11 Å². The van der Waals surface area contributed by atoms with Crippen LogP contribution < -0.4 is 5.32 Å². The first-order valence-corrected chi connectivity index (χ1v) is 6.11. The Morgan fingerprint density at radius 2 is 1.93 bits per heavy atom. The van der Waals surface area contributed by atoms with E-state index in [1.165, 1.54) is 12.8 Å². The van der Waals surface area contributed by atoms with Crippen molar-refractivity contribution in [3.8, 4) is 0 Å². The fourth-order valence-corrected chi connectivity index (χ4v) is 1.77. The highest BCUT2D eigenvalue weighted by molar-refractivity contribution is 4.86. The quantitative estimate of drug-likeness (QED) is 0.665. The normalized spacial score (nSPS) is 21.0. The molecule has 0 spiro atoms. The zero-order valence-corrected chi connectivity index (χ0v) is 10.5. The molecule has 0 amide bonds. The van der Waals surface area contributed by atoms with E-state index in [4.69, 9.17) is 0 Å². The van der Waals surface area contributed by atoms with Crippen molar-refractivity contribution in [3.05, 3.63) is 0 Å². The summed E-state index contributed by atoms with van der Waals surface area (Å²) in [5, 5.41) is 12.8. The molecule has 1 aliphatic carbocycles. The van der Waals surface area contributed by atoms with E-state index in [1.54, 1.807) is 0 Å². The Hall–Kier alpha value is -0.120. The van der Waals surface area contributed by atoms with Gasteiger partial charge >= 0.3 is 0 Å². The van der Waals surface area contributed by atoms with Crippen molar-refractivity contribution < 1.29 is 5.11 Å². The van der Waals surface area contributed by atoms with Crippen LogP contribution in [0.2, 0.25) is 0 Å². The molecule has 0 radical (unpaired) electrons. The van der Waals surface area contributed by atoms with Gasteiger partial charge in [-0.2, -0.15) is 0 Å². The van der Waals surface area contributed by atoms with E-state index in [-0.39, 0.29) is 12.6 Å². The lowest BCUT2D eigenvalue weighted by Crippen LogP contribution is -2.46. The predicted octanol–water partition coefficient (Wildman–Crippen LogP) is 1.08. The lowest BCUT2D eigenvalue weighted by molar-refractivity contribution is 0.153. The summed E-state index contributed by atoms with van der Waals surface area (Å²) in [7, 11) is 2.14. The molecule has 0 aliphatic heterocycles. The lowest BCUT2D eigenvalue weighted by Gasteiger charge is -2.31. The fraction of sp³-hybridized carbons (Fsp3) is 1.00. The Kier molecular flexibility index (Phi) is 5.03. The summed E-state index contributed by atoms with van der Waals surface area (Å²) >= 11 is 0. The van der Waals surface area contributed by atoms with Crippen LogP contribution >= 0.6 is 0 Å². The summed E-state index contributed by atoms with van der Waals surface area (Å²) in [6.07, 6.45) is 2.56. The number of hydrogen-bond acceptors (Lipinski definition) is 3. The molecule has 0 bridgehead atoms. The maximum absolute atomic E-state index is 9.28. The third-order valence-corrected chi connectivity index (χ3v) is 3.44. The van der Waals surface area contributed by atoms with Crippen molar-refractivity contribution in [2.75, 3.05) is 20.2 Å². The topological polar surface area (TPSA) is 35.5 Å². The van der Waals surface area contributed by atoms with E-state index < -0.39 is 0 Å². The van der Waals surface area contributed by atoms with E-state index in [2.05, 4.69) is 38.0 Å².